The predicted molar refractivity (Wildman–Crippen MR) is 82.2 cm³/mol. The van der Waals surface area contributed by atoms with Crippen molar-refractivity contribution in [3.05, 3.63) is 29.3 Å². The average molecular weight is 317 g/mol. The number of carbonyl (C=O) groups is 3. The van der Waals surface area contributed by atoms with E-state index in [0.29, 0.717) is 5.69 Å². The third-order valence-electron chi connectivity index (χ3n) is 5.25. The smallest absolute Gasteiger partial charge is 0.335 e. The maximum atomic E-state index is 12.6. The van der Waals surface area contributed by atoms with Crippen molar-refractivity contribution in [3.8, 4) is 0 Å². The van der Waals surface area contributed by atoms with Crippen LogP contribution in [-0.4, -0.2) is 28.1 Å². The molecule has 1 aromatic rings. The van der Waals surface area contributed by atoms with Crippen LogP contribution in [0.3, 0.4) is 0 Å². The molecule has 0 heterocycles. The minimum atomic E-state index is -1.07. The molecule has 2 bridgehead atoms. The molecule has 0 aliphatic heterocycles. The number of carboxylic acid groups (broad SMARTS) is 2. The van der Waals surface area contributed by atoms with Gasteiger partial charge < -0.3 is 15.5 Å². The summed E-state index contributed by atoms with van der Waals surface area (Å²) in [5, 5.41) is 21.2. The normalized spacial score (nSPS) is 28.6. The number of aryl methyl sites for hydroxylation is 1. The minimum Gasteiger partial charge on any atom is -0.481 e. The number of amides is 1. The van der Waals surface area contributed by atoms with Gasteiger partial charge in [-0.3, -0.25) is 9.59 Å². The molecular formula is C17H19NO5. The quantitative estimate of drug-likeness (QED) is 0.791. The molecule has 2 aliphatic carbocycles. The number of anilines is 1. The van der Waals surface area contributed by atoms with Crippen LogP contribution in [0.2, 0.25) is 0 Å². The predicted octanol–water partition coefficient (Wildman–Crippen LogP) is 2.38. The third kappa shape index (κ3) is 2.69. The monoisotopic (exact) mass is 317 g/mol. The second-order valence-corrected chi connectivity index (χ2v) is 6.55. The second-order valence-electron chi connectivity index (χ2n) is 6.55. The van der Waals surface area contributed by atoms with E-state index in [1.165, 1.54) is 12.1 Å². The Morgan fingerprint density at radius 3 is 2.35 bits per heavy atom. The molecule has 0 saturated heterocycles. The molecule has 0 spiro atoms. The lowest BCUT2D eigenvalue weighted by Gasteiger charge is -2.27. The Bertz CT molecular complexity index is 684. The minimum absolute atomic E-state index is 0.0831. The molecule has 1 amide bonds. The highest BCUT2D eigenvalue weighted by Gasteiger charge is 2.54. The standard InChI is InChI=1S/C17H19NO5/c1-8-2-3-11(16(20)21)7-12(8)18-15(19)13-9-4-5-10(6-9)14(13)17(22)23/h2-3,7,9-10,13-14H,4-6H2,1H3,(H,18,19)(H,20,21)(H,22,23)/t9-,10-,13+,14+/m0/s1. The zero-order chi connectivity index (χ0) is 16.7. The number of nitrogens with one attached hydrogen (secondary N) is 1. The van der Waals surface area contributed by atoms with E-state index in [4.69, 9.17) is 5.11 Å². The molecule has 2 aliphatic rings. The van der Waals surface area contributed by atoms with Gasteiger partial charge in [-0.15, -0.1) is 0 Å². The number of carbonyl (C=O) groups excluding carboxylic acids is 1. The van der Waals surface area contributed by atoms with Gasteiger partial charge in [-0.25, -0.2) is 4.79 Å². The molecule has 6 nitrogen and oxygen atoms in total. The van der Waals surface area contributed by atoms with Crippen molar-refractivity contribution in [2.45, 2.75) is 26.2 Å². The van der Waals surface area contributed by atoms with Crippen LogP contribution < -0.4 is 5.32 Å². The fourth-order valence-electron chi connectivity index (χ4n) is 4.13. The first kappa shape index (κ1) is 15.5. The molecule has 23 heavy (non-hydrogen) atoms. The first-order valence-electron chi connectivity index (χ1n) is 7.76. The second kappa shape index (κ2) is 5.68. The van der Waals surface area contributed by atoms with Crippen LogP contribution in [0, 0.1) is 30.6 Å². The summed E-state index contributed by atoms with van der Waals surface area (Å²) in [5.41, 5.74) is 1.27. The topological polar surface area (TPSA) is 104 Å². The van der Waals surface area contributed by atoms with Crippen LogP contribution in [0.4, 0.5) is 5.69 Å². The summed E-state index contributed by atoms with van der Waals surface area (Å²) in [6.07, 6.45) is 2.56. The summed E-state index contributed by atoms with van der Waals surface area (Å²) in [5.74, 6) is -3.24. The van der Waals surface area contributed by atoms with E-state index in [1.807, 2.05) is 0 Å². The molecule has 4 atom stereocenters. The number of aromatic carboxylic acids is 1. The number of fused-ring (bicyclic) bond motifs is 2. The van der Waals surface area contributed by atoms with Gasteiger partial charge in [-0.1, -0.05) is 6.07 Å². The van der Waals surface area contributed by atoms with Crippen molar-refractivity contribution in [1.82, 2.24) is 0 Å². The summed E-state index contributed by atoms with van der Waals surface area (Å²) < 4.78 is 0. The summed E-state index contributed by atoms with van der Waals surface area (Å²) in [4.78, 5) is 35.2. The molecular weight excluding hydrogens is 298 g/mol. The molecule has 3 rings (SSSR count). The first-order chi connectivity index (χ1) is 10.9. The van der Waals surface area contributed by atoms with Crippen molar-refractivity contribution < 1.29 is 24.6 Å². The number of benzene rings is 1. The van der Waals surface area contributed by atoms with Gasteiger partial charge in [0.2, 0.25) is 5.91 Å². The van der Waals surface area contributed by atoms with E-state index in [-0.39, 0.29) is 23.3 Å². The lowest BCUT2D eigenvalue weighted by Crippen LogP contribution is -2.38. The zero-order valence-electron chi connectivity index (χ0n) is 12.8. The maximum Gasteiger partial charge on any atom is 0.335 e. The molecule has 1 aromatic carbocycles. The van der Waals surface area contributed by atoms with Gasteiger partial charge in [0.05, 0.1) is 17.4 Å². The number of aliphatic carboxylic acids is 1. The van der Waals surface area contributed by atoms with Crippen LogP contribution in [0.25, 0.3) is 0 Å². The van der Waals surface area contributed by atoms with Gasteiger partial charge >= 0.3 is 11.9 Å². The Balaban J connectivity index is 1.83. The van der Waals surface area contributed by atoms with Crippen molar-refractivity contribution in [3.63, 3.8) is 0 Å². The van der Waals surface area contributed by atoms with E-state index in [2.05, 4.69) is 5.32 Å². The van der Waals surface area contributed by atoms with Crippen molar-refractivity contribution in [2.24, 2.45) is 23.7 Å². The number of rotatable bonds is 4. The van der Waals surface area contributed by atoms with Crippen LogP contribution in [0.5, 0.6) is 0 Å². The van der Waals surface area contributed by atoms with Crippen molar-refractivity contribution in [2.75, 3.05) is 5.32 Å². The van der Waals surface area contributed by atoms with E-state index >= 15 is 0 Å². The largest absolute Gasteiger partial charge is 0.481 e. The van der Waals surface area contributed by atoms with E-state index in [1.54, 1.807) is 13.0 Å². The zero-order valence-corrected chi connectivity index (χ0v) is 12.8. The molecule has 0 radical (unpaired) electrons. The summed E-state index contributed by atoms with van der Waals surface area (Å²) in [7, 11) is 0. The summed E-state index contributed by atoms with van der Waals surface area (Å²) in [6, 6.07) is 4.53. The highest BCUT2D eigenvalue weighted by Crippen LogP contribution is 2.52. The first-order valence-corrected chi connectivity index (χ1v) is 7.76. The molecule has 2 saturated carbocycles. The van der Waals surface area contributed by atoms with Gasteiger partial charge in [0.25, 0.3) is 0 Å². The van der Waals surface area contributed by atoms with Crippen molar-refractivity contribution >= 4 is 23.5 Å². The highest BCUT2D eigenvalue weighted by molar-refractivity contribution is 5.98. The maximum absolute atomic E-state index is 12.6. The number of carboxylic acids is 2. The number of hydrogen-bond acceptors (Lipinski definition) is 3. The molecule has 0 aromatic heterocycles. The Kier molecular flexibility index (Phi) is 3.83. The van der Waals surface area contributed by atoms with Crippen LogP contribution >= 0.6 is 0 Å². The molecule has 2 fully saturated rings. The Morgan fingerprint density at radius 2 is 1.74 bits per heavy atom. The van der Waals surface area contributed by atoms with Crippen LogP contribution in [0.1, 0.15) is 35.2 Å². The highest BCUT2D eigenvalue weighted by atomic mass is 16.4. The summed E-state index contributed by atoms with van der Waals surface area (Å²) >= 11 is 0. The Morgan fingerprint density at radius 1 is 1.09 bits per heavy atom. The fraction of sp³-hybridized carbons (Fsp3) is 0.471. The lowest BCUT2D eigenvalue weighted by atomic mass is 9.78. The molecule has 0 unspecified atom stereocenters. The van der Waals surface area contributed by atoms with Crippen molar-refractivity contribution in [1.29, 1.82) is 0 Å². The molecule has 122 valence electrons. The van der Waals surface area contributed by atoms with Gasteiger partial charge in [0, 0.05) is 5.69 Å². The van der Waals surface area contributed by atoms with E-state index in [0.717, 1.165) is 24.8 Å². The SMILES string of the molecule is Cc1ccc(C(=O)O)cc1NC(=O)[C@@H]1[C@H]2CC[C@@H](C2)[C@H]1C(=O)O. The van der Waals surface area contributed by atoms with E-state index in [9.17, 15) is 19.5 Å². The Hall–Kier alpha value is -2.37. The summed E-state index contributed by atoms with van der Waals surface area (Å²) in [6.45, 7) is 1.77. The third-order valence-corrected chi connectivity index (χ3v) is 5.25. The Labute approximate surface area is 133 Å². The van der Waals surface area contributed by atoms with Gasteiger partial charge in [0.1, 0.15) is 0 Å². The fourth-order valence-corrected chi connectivity index (χ4v) is 4.13. The number of hydrogen-bond donors (Lipinski definition) is 3. The van der Waals surface area contributed by atoms with Crippen LogP contribution in [0.15, 0.2) is 18.2 Å². The van der Waals surface area contributed by atoms with Crippen LogP contribution in [-0.2, 0) is 9.59 Å². The van der Waals surface area contributed by atoms with Gasteiger partial charge in [-0.05, 0) is 55.7 Å². The average Bonchev–Trinajstić information content (AvgIpc) is 3.09. The molecule has 6 heteroatoms. The van der Waals surface area contributed by atoms with Gasteiger partial charge in [-0.2, -0.15) is 0 Å². The molecule has 3 N–H and O–H groups in total. The lowest BCUT2D eigenvalue weighted by molar-refractivity contribution is -0.148. The van der Waals surface area contributed by atoms with Gasteiger partial charge in [0.15, 0.2) is 0 Å². The van der Waals surface area contributed by atoms with E-state index < -0.39 is 23.8 Å².